The number of carbonyl (C=O) groups is 1. The molecule has 2 heterocycles. The van der Waals surface area contributed by atoms with Gasteiger partial charge in [0.15, 0.2) is 5.82 Å². The SMILES string of the molecule is CCNC(=O)c1ccc(Nc2nc(-c3cccc(OCCCN4CCOCC4)c3)nc3ccccc23)cc1. The normalized spacial score (nSPS) is 13.8. The summed E-state index contributed by atoms with van der Waals surface area (Å²) in [6, 6.07) is 23.2. The average molecular weight is 512 g/mol. The molecule has 4 aromatic rings. The van der Waals surface area contributed by atoms with Crippen LogP contribution in [0, 0.1) is 0 Å². The van der Waals surface area contributed by atoms with Crippen LogP contribution in [-0.2, 0) is 4.74 Å². The molecule has 1 aromatic heterocycles. The molecule has 0 unspecified atom stereocenters. The second-order valence-electron chi connectivity index (χ2n) is 9.16. The predicted octanol–water partition coefficient (Wildman–Crippen LogP) is 4.89. The number of anilines is 2. The van der Waals surface area contributed by atoms with Crippen LogP contribution < -0.4 is 15.4 Å². The van der Waals surface area contributed by atoms with Gasteiger partial charge in [-0.1, -0.05) is 24.3 Å². The maximum Gasteiger partial charge on any atom is 0.251 e. The van der Waals surface area contributed by atoms with Crippen molar-refractivity contribution in [3.63, 3.8) is 0 Å². The Balaban J connectivity index is 1.32. The summed E-state index contributed by atoms with van der Waals surface area (Å²) < 4.78 is 11.5. The molecule has 1 saturated heterocycles. The third-order valence-corrected chi connectivity index (χ3v) is 6.43. The van der Waals surface area contributed by atoms with E-state index in [4.69, 9.17) is 19.4 Å². The van der Waals surface area contributed by atoms with Crippen molar-refractivity contribution in [1.29, 1.82) is 0 Å². The molecule has 196 valence electrons. The number of fused-ring (bicyclic) bond motifs is 1. The Morgan fingerprint density at radius 3 is 2.63 bits per heavy atom. The van der Waals surface area contributed by atoms with Gasteiger partial charge >= 0.3 is 0 Å². The van der Waals surface area contributed by atoms with Gasteiger partial charge in [-0.05, 0) is 61.9 Å². The monoisotopic (exact) mass is 511 g/mol. The highest BCUT2D eigenvalue weighted by Gasteiger charge is 2.12. The highest BCUT2D eigenvalue weighted by Crippen LogP contribution is 2.29. The number of para-hydroxylation sites is 1. The number of carbonyl (C=O) groups excluding carboxylic acids is 1. The molecule has 0 bridgehead atoms. The van der Waals surface area contributed by atoms with E-state index in [1.807, 2.05) is 67.6 Å². The molecular weight excluding hydrogens is 478 g/mol. The first-order valence-corrected chi connectivity index (χ1v) is 13.1. The standard InChI is InChI=1S/C30H33N5O3/c1-2-31-30(36)22-11-13-24(14-12-22)32-29-26-9-3-4-10-27(26)33-28(34-29)23-7-5-8-25(21-23)38-18-6-15-35-16-19-37-20-17-35/h3-5,7-14,21H,2,6,15-20H2,1H3,(H,31,36)(H,32,33,34). The number of hydrogen-bond donors (Lipinski definition) is 2. The van der Waals surface area contributed by atoms with Crippen LogP contribution in [-0.4, -0.2) is 66.8 Å². The Kier molecular flexibility index (Phi) is 8.42. The number of amides is 1. The largest absolute Gasteiger partial charge is 0.494 e. The Bertz CT molecular complexity index is 1370. The van der Waals surface area contributed by atoms with E-state index in [2.05, 4.69) is 15.5 Å². The van der Waals surface area contributed by atoms with E-state index < -0.39 is 0 Å². The van der Waals surface area contributed by atoms with Crippen molar-refractivity contribution < 1.29 is 14.3 Å². The number of nitrogens with one attached hydrogen (secondary N) is 2. The molecule has 0 spiro atoms. The molecule has 2 N–H and O–H groups in total. The van der Waals surface area contributed by atoms with Crippen LogP contribution in [0.3, 0.4) is 0 Å². The Hall–Kier alpha value is -4.01. The number of ether oxygens (including phenoxy) is 2. The number of morpholine rings is 1. The minimum atomic E-state index is -0.0861. The van der Waals surface area contributed by atoms with Crippen molar-refractivity contribution in [2.45, 2.75) is 13.3 Å². The maximum absolute atomic E-state index is 12.1. The van der Waals surface area contributed by atoms with Crippen LogP contribution in [0.15, 0.2) is 72.8 Å². The van der Waals surface area contributed by atoms with Crippen molar-refractivity contribution in [2.75, 3.05) is 51.3 Å². The van der Waals surface area contributed by atoms with E-state index in [1.165, 1.54) is 0 Å². The van der Waals surface area contributed by atoms with E-state index in [9.17, 15) is 4.79 Å². The molecular formula is C30H33N5O3. The fourth-order valence-corrected chi connectivity index (χ4v) is 4.43. The van der Waals surface area contributed by atoms with Crippen LogP contribution >= 0.6 is 0 Å². The highest BCUT2D eigenvalue weighted by atomic mass is 16.5. The molecule has 0 atom stereocenters. The van der Waals surface area contributed by atoms with Crippen LogP contribution in [0.2, 0.25) is 0 Å². The van der Waals surface area contributed by atoms with Gasteiger partial charge in [0.1, 0.15) is 11.6 Å². The Morgan fingerprint density at radius 2 is 1.82 bits per heavy atom. The Morgan fingerprint density at radius 1 is 1.00 bits per heavy atom. The maximum atomic E-state index is 12.1. The van der Waals surface area contributed by atoms with E-state index >= 15 is 0 Å². The van der Waals surface area contributed by atoms with Gasteiger partial charge < -0.3 is 20.1 Å². The fraction of sp³-hybridized carbons (Fsp3) is 0.300. The van der Waals surface area contributed by atoms with Crippen molar-refractivity contribution in [3.05, 3.63) is 78.4 Å². The molecule has 38 heavy (non-hydrogen) atoms. The van der Waals surface area contributed by atoms with E-state index in [1.54, 1.807) is 12.1 Å². The second kappa shape index (κ2) is 12.5. The lowest BCUT2D eigenvalue weighted by molar-refractivity contribution is 0.0358. The first kappa shape index (κ1) is 25.6. The molecule has 1 fully saturated rings. The van der Waals surface area contributed by atoms with Gasteiger partial charge in [0.25, 0.3) is 5.91 Å². The zero-order chi connectivity index (χ0) is 26.2. The first-order chi connectivity index (χ1) is 18.7. The van der Waals surface area contributed by atoms with Crippen molar-refractivity contribution in [1.82, 2.24) is 20.2 Å². The molecule has 8 nitrogen and oxygen atoms in total. The van der Waals surface area contributed by atoms with Crippen LogP contribution in [0.5, 0.6) is 5.75 Å². The van der Waals surface area contributed by atoms with Gasteiger partial charge in [0.2, 0.25) is 0 Å². The third kappa shape index (κ3) is 6.45. The second-order valence-corrected chi connectivity index (χ2v) is 9.16. The van der Waals surface area contributed by atoms with E-state index in [0.29, 0.717) is 30.4 Å². The summed E-state index contributed by atoms with van der Waals surface area (Å²) in [4.78, 5) is 24.2. The number of aromatic nitrogens is 2. The lowest BCUT2D eigenvalue weighted by Gasteiger charge is -2.26. The topological polar surface area (TPSA) is 88.6 Å². The van der Waals surface area contributed by atoms with Crippen molar-refractivity contribution in [2.24, 2.45) is 0 Å². The molecule has 5 rings (SSSR count). The summed E-state index contributed by atoms with van der Waals surface area (Å²) in [5.74, 6) is 2.03. The van der Waals surface area contributed by atoms with Gasteiger partial charge in [0, 0.05) is 48.4 Å². The number of benzene rings is 3. The number of hydrogen-bond acceptors (Lipinski definition) is 7. The van der Waals surface area contributed by atoms with Crippen molar-refractivity contribution in [3.8, 4) is 17.1 Å². The molecule has 1 aliphatic rings. The molecule has 0 saturated carbocycles. The van der Waals surface area contributed by atoms with Gasteiger partial charge in [-0.25, -0.2) is 9.97 Å². The van der Waals surface area contributed by atoms with Crippen molar-refractivity contribution >= 4 is 28.3 Å². The Labute approximate surface area is 223 Å². The predicted molar refractivity (Wildman–Crippen MR) is 150 cm³/mol. The van der Waals surface area contributed by atoms with Gasteiger partial charge in [-0.2, -0.15) is 0 Å². The minimum absolute atomic E-state index is 0.0861. The van der Waals surface area contributed by atoms with E-state index in [0.717, 1.165) is 67.2 Å². The smallest absolute Gasteiger partial charge is 0.251 e. The molecule has 1 amide bonds. The van der Waals surface area contributed by atoms with Crippen LogP contribution in [0.1, 0.15) is 23.7 Å². The van der Waals surface area contributed by atoms with E-state index in [-0.39, 0.29) is 5.91 Å². The average Bonchev–Trinajstić information content (AvgIpc) is 2.96. The highest BCUT2D eigenvalue weighted by molar-refractivity contribution is 5.95. The summed E-state index contributed by atoms with van der Waals surface area (Å²) in [5, 5.41) is 7.15. The third-order valence-electron chi connectivity index (χ3n) is 6.43. The molecule has 0 radical (unpaired) electrons. The van der Waals surface area contributed by atoms with Crippen LogP contribution in [0.25, 0.3) is 22.3 Å². The summed E-state index contributed by atoms with van der Waals surface area (Å²) in [7, 11) is 0. The summed E-state index contributed by atoms with van der Waals surface area (Å²) in [5.41, 5.74) is 3.18. The van der Waals surface area contributed by atoms with Gasteiger partial charge in [-0.3, -0.25) is 9.69 Å². The molecule has 3 aromatic carbocycles. The fourth-order valence-electron chi connectivity index (χ4n) is 4.43. The van der Waals surface area contributed by atoms with Gasteiger partial charge in [-0.15, -0.1) is 0 Å². The molecule has 8 heteroatoms. The zero-order valence-corrected chi connectivity index (χ0v) is 21.7. The quantitative estimate of drug-likeness (QED) is 0.293. The lowest BCUT2D eigenvalue weighted by Crippen LogP contribution is -2.37. The summed E-state index contributed by atoms with van der Waals surface area (Å²) >= 11 is 0. The number of nitrogens with zero attached hydrogens (tertiary/aromatic N) is 3. The molecule has 1 aliphatic heterocycles. The summed E-state index contributed by atoms with van der Waals surface area (Å²) in [6.07, 6.45) is 0.962. The van der Waals surface area contributed by atoms with Gasteiger partial charge in [0.05, 0.1) is 25.3 Å². The number of rotatable bonds is 10. The lowest BCUT2D eigenvalue weighted by atomic mass is 10.1. The molecule has 0 aliphatic carbocycles. The minimum Gasteiger partial charge on any atom is -0.494 e. The summed E-state index contributed by atoms with van der Waals surface area (Å²) in [6.45, 7) is 7.76. The van der Waals surface area contributed by atoms with Crippen LogP contribution in [0.4, 0.5) is 11.5 Å². The zero-order valence-electron chi connectivity index (χ0n) is 21.7. The first-order valence-electron chi connectivity index (χ1n) is 13.1.